The van der Waals surface area contributed by atoms with Crippen molar-refractivity contribution in [1.29, 1.82) is 0 Å². The zero-order valence-electron chi connectivity index (χ0n) is 14.0. The van der Waals surface area contributed by atoms with Gasteiger partial charge >= 0.3 is 11.8 Å². The van der Waals surface area contributed by atoms with Crippen molar-refractivity contribution in [3.05, 3.63) is 35.6 Å². The first-order valence-electron chi connectivity index (χ1n) is 8.67. The molecule has 1 aliphatic carbocycles. The Morgan fingerprint density at radius 3 is 2.36 bits per heavy atom. The number of hydrogen-bond donors (Lipinski definition) is 2. The first-order valence-corrected chi connectivity index (χ1v) is 8.67. The average Bonchev–Trinajstić information content (AvgIpc) is 3.44. The number of nitrogens with zero attached hydrogens (tertiary/aromatic N) is 1. The summed E-state index contributed by atoms with van der Waals surface area (Å²) in [5.74, 6) is -1.78. The summed E-state index contributed by atoms with van der Waals surface area (Å²) in [7, 11) is 0. The molecule has 1 saturated carbocycles. The summed E-state index contributed by atoms with van der Waals surface area (Å²) in [5, 5.41) is 5.30. The summed E-state index contributed by atoms with van der Waals surface area (Å²) < 4.78 is 13.7. The Kier molecular flexibility index (Phi) is 5.31. The Morgan fingerprint density at radius 1 is 1.04 bits per heavy atom. The first-order chi connectivity index (χ1) is 12.0. The van der Waals surface area contributed by atoms with Gasteiger partial charge in [-0.3, -0.25) is 14.4 Å². The van der Waals surface area contributed by atoms with Crippen LogP contribution in [0.25, 0.3) is 0 Å². The molecule has 7 heteroatoms. The lowest BCUT2D eigenvalue weighted by molar-refractivity contribution is -0.139. The quantitative estimate of drug-likeness (QED) is 0.800. The predicted molar refractivity (Wildman–Crippen MR) is 89.2 cm³/mol. The summed E-state index contributed by atoms with van der Waals surface area (Å²) in [6.45, 7) is 1.45. The summed E-state index contributed by atoms with van der Waals surface area (Å²) in [6, 6.07) is 6.13. The fourth-order valence-corrected chi connectivity index (χ4v) is 2.94. The van der Waals surface area contributed by atoms with Crippen LogP contribution in [0, 0.1) is 11.7 Å². The highest BCUT2D eigenvalue weighted by molar-refractivity contribution is 6.35. The van der Waals surface area contributed by atoms with Gasteiger partial charge in [0, 0.05) is 25.7 Å². The molecule has 2 N–H and O–H groups in total. The molecular weight excluding hydrogens is 325 g/mol. The molecule has 0 atom stereocenters. The Bertz CT molecular complexity index is 667. The molecule has 3 rings (SSSR count). The lowest BCUT2D eigenvalue weighted by Crippen LogP contribution is -2.45. The molecule has 0 spiro atoms. The van der Waals surface area contributed by atoms with Crippen LogP contribution in [0.4, 0.5) is 4.39 Å². The number of likely N-dealkylation sites (tertiary alicyclic amines) is 1. The number of carbonyl (C=O) groups excluding carboxylic acids is 3. The second kappa shape index (κ2) is 7.63. The normalized spacial score (nSPS) is 17.9. The highest BCUT2D eigenvalue weighted by Crippen LogP contribution is 2.20. The van der Waals surface area contributed by atoms with Crippen LogP contribution in [0.15, 0.2) is 24.3 Å². The van der Waals surface area contributed by atoms with E-state index in [9.17, 15) is 18.8 Å². The Hall–Kier alpha value is -2.44. The molecule has 134 valence electrons. The zero-order valence-corrected chi connectivity index (χ0v) is 14.0. The molecule has 2 aliphatic rings. The maximum absolute atomic E-state index is 13.7. The number of nitrogens with one attached hydrogen (secondary N) is 2. The van der Waals surface area contributed by atoms with Gasteiger partial charge in [0.2, 0.25) is 0 Å². The topological polar surface area (TPSA) is 78.5 Å². The molecule has 1 aliphatic heterocycles. The van der Waals surface area contributed by atoms with E-state index in [-0.39, 0.29) is 23.4 Å². The average molecular weight is 347 g/mol. The molecule has 6 nitrogen and oxygen atoms in total. The summed E-state index contributed by atoms with van der Waals surface area (Å²) >= 11 is 0. The van der Waals surface area contributed by atoms with Crippen molar-refractivity contribution < 1.29 is 18.8 Å². The van der Waals surface area contributed by atoms with Crippen molar-refractivity contribution in [2.24, 2.45) is 5.92 Å². The van der Waals surface area contributed by atoms with Gasteiger partial charge in [0.15, 0.2) is 0 Å². The van der Waals surface area contributed by atoms with Gasteiger partial charge in [0.1, 0.15) is 5.82 Å². The minimum absolute atomic E-state index is 0.0889. The van der Waals surface area contributed by atoms with Gasteiger partial charge in [0.05, 0.1) is 5.56 Å². The van der Waals surface area contributed by atoms with E-state index < -0.39 is 17.6 Å². The van der Waals surface area contributed by atoms with Crippen molar-refractivity contribution in [3.63, 3.8) is 0 Å². The van der Waals surface area contributed by atoms with E-state index in [1.807, 2.05) is 0 Å². The number of carbonyl (C=O) groups is 3. The SMILES string of the molecule is O=C(NCC1CCN(C(=O)c2ccccc2F)CC1)C(=O)NC1CC1. The van der Waals surface area contributed by atoms with Gasteiger partial charge in [-0.15, -0.1) is 0 Å². The Labute approximate surface area is 145 Å². The van der Waals surface area contributed by atoms with Crippen molar-refractivity contribution in [3.8, 4) is 0 Å². The van der Waals surface area contributed by atoms with Crippen molar-refractivity contribution in [2.45, 2.75) is 31.7 Å². The number of hydrogen-bond acceptors (Lipinski definition) is 3. The second-order valence-electron chi connectivity index (χ2n) is 6.67. The minimum Gasteiger partial charge on any atom is -0.348 e. The molecule has 3 amide bonds. The Balaban J connectivity index is 1.42. The molecule has 0 radical (unpaired) electrons. The highest BCUT2D eigenvalue weighted by Gasteiger charge is 2.28. The molecule has 0 bridgehead atoms. The van der Waals surface area contributed by atoms with E-state index in [1.165, 1.54) is 12.1 Å². The number of piperidine rings is 1. The standard InChI is InChI=1S/C18H22FN3O3/c19-15-4-2-1-3-14(15)18(25)22-9-7-12(8-10-22)11-20-16(23)17(24)21-13-5-6-13/h1-4,12-13H,5-11H2,(H,20,23)(H,21,24). The molecule has 1 saturated heterocycles. The van der Waals surface area contributed by atoms with Gasteiger partial charge in [-0.2, -0.15) is 0 Å². The molecular formula is C18H22FN3O3. The van der Waals surface area contributed by atoms with E-state index in [1.54, 1.807) is 17.0 Å². The third kappa shape index (κ3) is 4.55. The van der Waals surface area contributed by atoms with E-state index in [0.717, 1.165) is 12.8 Å². The monoisotopic (exact) mass is 347 g/mol. The molecule has 1 aromatic rings. The van der Waals surface area contributed by atoms with Crippen LogP contribution in [-0.2, 0) is 9.59 Å². The molecule has 0 unspecified atom stereocenters. The van der Waals surface area contributed by atoms with Crippen LogP contribution in [0.2, 0.25) is 0 Å². The lowest BCUT2D eigenvalue weighted by atomic mass is 9.96. The van der Waals surface area contributed by atoms with E-state index in [0.29, 0.717) is 32.5 Å². The maximum Gasteiger partial charge on any atom is 0.309 e. The molecule has 25 heavy (non-hydrogen) atoms. The lowest BCUT2D eigenvalue weighted by Gasteiger charge is -2.32. The van der Waals surface area contributed by atoms with E-state index in [4.69, 9.17) is 0 Å². The summed E-state index contributed by atoms with van der Waals surface area (Å²) in [5.41, 5.74) is 0.0889. The third-order valence-corrected chi connectivity index (χ3v) is 4.68. The first kappa shape index (κ1) is 17.4. The zero-order chi connectivity index (χ0) is 17.8. The number of halogens is 1. The van der Waals surface area contributed by atoms with Crippen LogP contribution in [0.1, 0.15) is 36.0 Å². The van der Waals surface area contributed by atoms with Crippen molar-refractivity contribution in [2.75, 3.05) is 19.6 Å². The summed E-state index contributed by atoms with van der Waals surface area (Å²) in [4.78, 5) is 37.3. The number of amides is 3. The highest BCUT2D eigenvalue weighted by atomic mass is 19.1. The van der Waals surface area contributed by atoms with Crippen LogP contribution in [0.3, 0.4) is 0 Å². The molecule has 1 aromatic carbocycles. The van der Waals surface area contributed by atoms with Gasteiger partial charge < -0.3 is 15.5 Å². The van der Waals surface area contributed by atoms with E-state index in [2.05, 4.69) is 10.6 Å². The van der Waals surface area contributed by atoms with Crippen LogP contribution in [-0.4, -0.2) is 48.3 Å². The van der Waals surface area contributed by atoms with Crippen molar-refractivity contribution in [1.82, 2.24) is 15.5 Å². The fraction of sp³-hybridized carbons (Fsp3) is 0.500. The van der Waals surface area contributed by atoms with Gasteiger partial charge in [-0.1, -0.05) is 12.1 Å². The largest absolute Gasteiger partial charge is 0.348 e. The number of rotatable bonds is 4. The number of benzene rings is 1. The Morgan fingerprint density at radius 2 is 1.72 bits per heavy atom. The van der Waals surface area contributed by atoms with E-state index >= 15 is 0 Å². The van der Waals surface area contributed by atoms with Crippen molar-refractivity contribution >= 4 is 17.7 Å². The third-order valence-electron chi connectivity index (χ3n) is 4.68. The molecule has 2 fully saturated rings. The predicted octanol–water partition coefficient (Wildman–Crippen LogP) is 1.07. The fourth-order valence-electron chi connectivity index (χ4n) is 2.94. The van der Waals surface area contributed by atoms with Gasteiger partial charge in [-0.05, 0) is 43.7 Å². The minimum atomic E-state index is -0.600. The second-order valence-corrected chi connectivity index (χ2v) is 6.67. The van der Waals surface area contributed by atoms with Gasteiger partial charge in [-0.25, -0.2) is 4.39 Å². The van der Waals surface area contributed by atoms with Crippen LogP contribution < -0.4 is 10.6 Å². The summed E-state index contributed by atoms with van der Waals surface area (Å²) in [6.07, 6.45) is 3.30. The van der Waals surface area contributed by atoms with Crippen LogP contribution in [0.5, 0.6) is 0 Å². The molecule has 1 heterocycles. The van der Waals surface area contributed by atoms with Gasteiger partial charge in [0.25, 0.3) is 5.91 Å². The smallest absolute Gasteiger partial charge is 0.309 e. The maximum atomic E-state index is 13.7. The van der Waals surface area contributed by atoms with Crippen LogP contribution >= 0.6 is 0 Å². The molecule has 0 aromatic heterocycles.